The van der Waals surface area contributed by atoms with Gasteiger partial charge in [-0.25, -0.2) is 0 Å². The zero-order chi connectivity index (χ0) is 15.5. The second kappa shape index (κ2) is 6.50. The summed E-state index contributed by atoms with van der Waals surface area (Å²) < 4.78 is 5.48. The standard InChI is InChI=1S/C16H21ClN2O2/c1-16(2,8-5-9-18)15(20)19-10-12-11-6-3-4-7-13(11)21-14(12)17/h3-4,6-7H,5,8-10,18H2,1-2H3,(H,19,20). The first kappa shape index (κ1) is 15.9. The molecule has 0 aliphatic carbocycles. The predicted octanol–water partition coefficient (Wildman–Crippen LogP) is 3.47. The molecule has 0 unspecified atom stereocenters. The second-order valence-electron chi connectivity index (χ2n) is 5.81. The Morgan fingerprint density at radius 2 is 2.10 bits per heavy atom. The normalized spacial score (nSPS) is 11.8. The number of para-hydroxylation sites is 1. The minimum atomic E-state index is -0.439. The SMILES string of the molecule is CC(C)(CCCN)C(=O)NCc1c(Cl)oc2ccccc12. The molecule has 0 fully saturated rings. The summed E-state index contributed by atoms with van der Waals surface area (Å²) in [7, 11) is 0. The molecular weight excluding hydrogens is 288 g/mol. The van der Waals surface area contributed by atoms with Gasteiger partial charge in [-0.1, -0.05) is 32.0 Å². The summed E-state index contributed by atoms with van der Waals surface area (Å²) in [6, 6.07) is 7.61. The predicted molar refractivity (Wildman–Crippen MR) is 85.1 cm³/mol. The third-order valence-electron chi connectivity index (χ3n) is 3.70. The number of halogens is 1. The highest BCUT2D eigenvalue weighted by Crippen LogP contribution is 2.30. The molecule has 0 aliphatic rings. The Kier molecular flexibility index (Phi) is 4.91. The first-order valence-electron chi connectivity index (χ1n) is 7.10. The maximum atomic E-state index is 12.3. The van der Waals surface area contributed by atoms with Crippen molar-refractivity contribution in [3.05, 3.63) is 35.0 Å². The van der Waals surface area contributed by atoms with E-state index in [-0.39, 0.29) is 5.91 Å². The van der Waals surface area contributed by atoms with Gasteiger partial charge >= 0.3 is 0 Å². The Morgan fingerprint density at radius 3 is 2.81 bits per heavy atom. The van der Waals surface area contributed by atoms with E-state index in [1.807, 2.05) is 38.1 Å². The van der Waals surface area contributed by atoms with Crippen molar-refractivity contribution in [3.63, 3.8) is 0 Å². The summed E-state index contributed by atoms with van der Waals surface area (Å²) >= 11 is 6.11. The lowest BCUT2D eigenvalue weighted by atomic mass is 9.86. The van der Waals surface area contributed by atoms with Crippen LogP contribution in [-0.2, 0) is 11.3 Å². The van der Waals surface area contributed by atoms with Crippen LogP contribution >= 0.6 is 11.6 Å². The number of nitrogens with one attached hydrogen (secondary N) is 1. The molecule has 0 atom stereocenters. The molecule has 1 heterocycles. The number of carbonyl (C=O) groups is 1. The minimum Gasteiger partial charge on any atom is -0.444 e. The van der Waals surface area contributed by atoms with Crippen molar-refractivity contribution in [1.29, 1.82) is 0 Å². The van der Waals surface area contributed by atoms with Gasteiger partial charge in [-0.05, 0) is 37.1 Å². The molecule has 0 bridgehead atoms. The number of furan rings is 1. The highest BCUT2D eigenvalue weighted by molar-refractivity contribution is 6.30. The van der Waals surface area contributed by atoms with Gasteiger partial charge in [0.05, 0.1) is 0 Å². The molecule has 0 spiro atoms. The number of benzene rings is 1. The van der Waals surface area contributed by atoms with Crippen LogP contribution in [0, 0.1) is 5.41 Å². The van der Waals surface area contributed by atoms with Crippen molar-refractivity contribution in [2.45, 2.75) is 33.2 Å². The van der Waals surface area contributed by atoms with Crippen LogP contribution in [0.4, 0.5) is 0 Å². The Hall–Kier alpha value is -1.52. The largest absolute Gasteiger partial charge is 0.444 e. The molecule has 4 nitrogen and oxygen atoms in total. The van der Waals surface area contributed by atoms with E-state index >= 15 is 0 Å². The van der Waals surface area contributed by atoms with Gasteiger partial charge < -0.3 is 15.5 Å². The van der Waals surface area contributed by atoms with Gasteiger partial charge in [0.2, 0.25) is 5.91 Å². The summed E-state index contributed by atoms with van der Waals surface area (Å²) in [4.78, 5) is 12.3. The van der Waals surface area contributed by atoms with E-state index in [1.165, 1.54) is 0 Å². The third-order valence-corrected chi connectivity index (χ3v) is 4.00. The molecule has 2 aromatic rings. The number of amides is 1. The number of rotatable bonds is 6. The maximum absolute atomic E-state index is 12.3. The Balaban J connectivity index is 2.08. The van der Waals surface area contributed by atoms with Gasteiger partial charge in [-0.3, -0.25) is 4.79 Å². The molecule has 21 heavy (non-hydrogen) atoms. The molecule has 1 aromatic carbocycles. The molecular formula is C16H21ClN2O2. The summed E-state index contributed by atoms with van der Waals surface area (Å²) in [5.74, 6) is -0.00250. The fraction of sp³-hybridized carbons (Fsp3) is 0.438. The molecule has 1 amide bonds. The van der Waals surface area contributed by atoms with Gasteiger partial charge in [0.25, 0.3) is 0 Å². The minimum absolute atomic E-state index is 0.00250. The lowest BCUT2D eigenvalue weighted by Crippen LogP contribution is -2.36. The average Bonchev–Trinajstić information content (AvgIpc) is 2.78. The summed E-state index contributed by atoms with van der Waals surface area (Å²) in [5.41, 5.74) is 6.61. The maximum Gasteiger partial charge on any atom is 0.225 e. The topological polar surface area (TPSA) is 68.3 Å². The average molecular weight is 309 g/mol. The second-order valence-corrected chi connectivity index (χ2v) is 6.15. The summed E-state index contributed by atoms with van der Waals surface area (Å²) in [6.45, 7) is 4.80. The molecule has 0 saturated heterocycles. The quantitative estimate of drug-likeness (QED) is 0.858. The van der Waals surface area contributed by atoms with E-state index in [2.05, 4.69) is 5.32 Å². The van der Waals surface area contributed by atoms with Gasteiger partial charge in [0, 0.05) is 22.9 Å². The van der Waals surface area contributed by atoms with E-state index < -0.39 is 5.41 Å². The Labute approximate surface area is 129 Å². The first-order valence-corrected chi connectivity index (χ1v) is 7.48. The zero-order valence-electron chi connectivity index (χ0n) is 12.4. The molecule has 0 radical (unpaired) electrons. The zero-order valence-corrected chi connectivity index (χ0v) is 13.2. The molecule has 2 rings (SSSR count). The Morgan fingerprint density at radius 1 is 1.38 bits per heavy atom. The Bertz CT molecular complexity index is 634. The van der Waals surface area contributed by atoms with Crippen molar-refractivity contribution in [2.24, 2.45) is 11.1 Å². The van der Waals surface area contributed by atoms with Crippen LogP contribution in [0.3, 0.4) is 0 Å². The van der Waals surface area contributed by atoms with Crippen LogP contribution in [0.1, 0.15) is 32.3 Å². The molecule has 5 heteroatoms. The fourth-order valence-electron chi connectivity index (χ4n) is 2.30. The van der Waals surface area contributed by atoms with E-state index in [4.69, 9.17) is 21.8 Å². The first-order chi connectivity index (χ1) is 9.95. The van der Waals surface area contributed by atoms with Gasteiger partial charge in [-0.2, -0.15) is 0 Å². The van der Waals surface area contributed by atoms with Gasteiger partial charge in [0.15, 0.2) is 5.22 Å². The number of hydrogen-bond acceptors (Lipinski definition) is 3. The highest BCUT2D eigenvalue weighted by atomic mass is 35.5. The molecule has 3 N–H and O–H groups in total. The third kappa shape index (κ3) is 3.57. The number of fused-ring (bicyclic) bond motifs is 1. The fourth-order valence-corrected chi connectivity index (χ4v) is 2.55. The van der Waals surface area contributed by atoms with Crippen molar-refractivity contribution in [2.75, 3.05) is 6.54 Å². The van der Waals surface area contributed by atoms with Crippen LogP contribution < -0.4 is 11.1 Å². The number of carbonyl (C=O) groups excluding carboxylic acids is 1. The van der Waals surface area contributed by atoms with Crippen molar-refractivity contribution in [3.8, 4) is 0 Å². The van der Waals surface area contributed by atoms with Crippen LogP contribution in [0.25, 0.3) is 11.0 Å². The lowest BCUT2D eigenvalue weighted by molar-refractivity contribution is -0.129. The van der Waals surface area contributed by atoms with Crippen molar-refractivity contribution < 1.29 is 9.21 Å². The summed E-state index contributed by atoms with van der Waals surface area (Å²) in [5, 5.41) is 4.21. The summed E-state index contributed by atoms with van der Waals surface area (Å²) in [6.07, 6.45) is 1.59. The van der Waals surface area contributed by atoms with Crippen LogP contribution in [-0.4, -0.2) is 12.5 Å². The van der Waals surface area contributed by atoms with E-state index in [9.17, 15) is 4.79 Å². The molecule has 0 aliphatic heterocycles. The monoisotopic (exact) mass is 308 g/mol. The van der Waals surface area contributed by atoms with Gasteiger partial charge in [0.1, 0.15) is 5.58 Å². The van der Waals surface area contributed by atoms with Crippen molar-refractivity contribution >= 4 is 28.5 Å². The number of nitrogens with two attached hydrogens (primary N) is 1. The van der Waals surface area contributed by atoms with Gasteiger partial charge in [-0.15, -0.1) is 0 Å². The molecule has 114 valence electrons. The lowest BCUT2D eigenvalue weighted by Gasteiger charge is -2.23. The van der Waals surface area contributed by atoms with E-state index in [0.717, 1.165) is 29.4 Å². The smallest absolute Gasteiger partial charge is 0.225 e. The number of hydrogen-bond donors (Lipinski definition) is 2. The highest BCUT2D eigenvalue weighted by Gasteiger charge is 2.27. The molecule has 1 aromatic heterocycles. The van der Waals surface area contributed by atoms with Crippen LogP contribution in [0.2, 0.25) is 5.22 Å². The van der Waals surface area contributed by atoms with Crippen LogP contribution in [0.15, 0.2) is 28.7 Å². The van der Waals surface area contributed by atoms with Crippen molar-refractivity contribution in [1.82, 2.24) is 5.32 Å². The van der Waals surface area contributed by atoms with E-state index in [0.29, 0.717) is 18.3 Å². The van der Waals surface area contributed by atoms with Crippen LogP contribution in [0.5, 0.6) is 0 Å². The molecule has 0 saturated carbocycles. The van der Waals surface area contributed by atoms with E-state index in [1.54, 1.807) is 0 Å².